The van der Waals surface area contributed by atoms with Crippen LogP contribution in [0.25, 0.3) is 0 Å². The van der Waals surface area contributed by atoms with Crippen molar-refractivity contribution >= 4 is 40.5 Å². The second kappa shape index (κ2) is 5.93. The molecule has 0 unspecified atom stereocenters. The lowest BCUT2D eigenvalue weighted by Crippen LogP contribution is -2.29. The Morgan fingerprint density at radius 3 is 2.32 bits per heavy atom. The predicted molar refractivity (Wildman–Crippen MR) is 92.9 cm³/mol. The van der Waals surface area contributed by atoms with Gasteiger partial charge in [-0.3, -0.25) is 4.79 Å². The molecule has 22 heavy (non-hydrogen) atoms. The molecule has 120 valence electrons. The van der Waals surface area contributed by atoms with Crippen molar-refractivity contribution in [2.45, 2.75) is 43.4 Å². The van der Waals surface area contributed by atoms with Crippen LogP contribution < -0.4 is 10.2 Å². The van der Waals surface area contributed by atoms with Gasteiger partial charge < -0.3 is 10.2 Å². The first-order valence-corrected chi connectivity index (χ1v) is 8.73. The van der Waals surface area contributed by atoms with Gasteiger partial charge in [0, 0.05) is 13.1 Å². The SMILES string of the molecule is C[C@@]1(C(=O)Nc2ccccc2N2CCCCCC2)CC1(Cl)Cl. The van der Waals surface area contributed by atoms with Gasteiger partial charge in [-0.15, -0.1) is 23.2 Å². The zero-order chi connectivity index (χ0) is 15.8. The number of hydrogen-bond acceptors (Lipinski definition) is 2. The van der Waals surface area contributed by atoms with Crippen molar-refractivity contribution in [1.29, 1.82) is 0 Å². The summed E-state index contributed by atoms with van der Waals surface area (Å²) >= 11 is 12.2. The fourth-order valence-corrected chi connectivity index (χ4v) is 3.78. The molecule has 2 aliphatic rings. The molecule has 1 aromatic rings. The van der Waals surface area contributed by atoms with Crippen LogP contribution in [0, 0.1) is 5.41 Å². The van der Waals surface area contributed by atoms with E-state index in [0.29, 0.717) is 6.42 Å². The van der Waals surface area contributed by atoms with Gasteiger partial charge in [-0.05, 0) is 38.3 Å². The summed E-state index contributed by atoms with van der Waals surface area (Å²) in [5.74, 6) is -0.0974. The molecule has 1 saturated carbocycles. The lowest BCUT2D eigenvalue weighted by atomic mass is 10.1. The number of para-hydroxylation sites is 2. The van der Waals surface area contributed by atoms with E-state index >= 15 is 0 Å². The molecule has 5 heteroatoms. The van der Waals surface area contributed by atoms with Crippen molar-refractivity contribution < 1.29 is 4.79 Å². The molecular weight excluding hydrogens is 319 g/mol. The van der Waals surface area contributed by atoms with Crippen LogP contribution in [0.4, 0.5) is 11.4 Å². The average Bonchev–Trinajstić information content (AvgIpc) is 3.11. The van der Waals surface area contributed by atoms with Gasteiger partial charge in [0.05, 0.1) is 16.8 Å². The van der Waals surface area contributed by atoms with E-state index in [4.69, 9.17) is 23.2 Å². The summed E-state index contributed by atoms with van der Waals surface area (Å²) in [6.45, 7) is 3.90. The number of nitrogens with zero attached hydrogens (tertiary/aromatic N) is 1. The molecular formula is C17H22Cl2N2O. The molecule has 0 bridgehead atoms. The smallest absolute Gasteiger partial charge is 0.233 e. The zero-order valence-corrected chi connectivity index (χ0v) is 14.4. The Hall–Kier alpha value is -0.930. The van der Waals surface area contributed by atoms with E-state index < -0.39 is 9.75 Å². The number of amides is 1. The fourth-order valence-electron chi connectivity index (χ4n) is 3.07. The van der Waals surface area contributed by atoms with E-state index in [9.17, 15) is 4.79 Å². The first-order chi connectivity index (χ1) is 10.4. The number of anilines is 2. The van der Waals surface area contributed by atoms with Crippen LogP contribution in [0.1, 0.15) is 39.0 Å². The minimum atomic E-state index is -0.936. The summed E-state index contributed by atoms with van der Waals surface area (Å²) in [6.07, 6.45) is 5.47. The van der Waals surface area contributed by atoms with Gasteiger partial charge in [0.15, 0.2) is 0 Å². The molecule has 3 nitrogen and oxygen atoms in total. The molecule has 1 heterocycles. The number of halogens is 2. The molecule has 2 fully saturated rings. The largest absolute Gasteiger partial charge is 0.370 e. The van der Waals surface area contributed by atoms with E-state index in [1.165, 1.54) is 25.7 Å². The number of benzene rings is 1. The molecule has 1 saturated heterocycles. The Morgan fingerprint density at radius 1 is 1.14 bits per heavy atom. The van der Waals surface area contributed by atoms with Gasteiger partial charge in [0.25, 0.3) is 0 Å². The molecule has 1 N–H and O–H groups in total. The van der Waals surface area contributed by atoms with Crippen LogP contribution in [-0.2, 0) is 4.79 Å². The molecule has 1 aromatic carbocycles. The minimum Gasteiger partial charge on any atom is -0.370 e. The third kappa shape index (κ3) is 2.93. The second-order valence-electron chi connectivity index (χ2n) is 6.59. The van der Waals surface area contributed by atoms with Gasteiger partial charge in [-0.1, -0.05) is 25.0 Å². The summed E-state index contributed by atoms with van der Waals surface area (Å²) in [7, 11) is 0. The van der Waals surface area contributed by atoms with E-state index in [2.05, 4.69) is 16.3 Å². The Labute approximate surface area is 142 Å². The van der Waals surface area contributed by atoms with E-state index in [1.54, 1.807) is 0 Å². The normalized spacial score (nSPS) is 27.1. The van der Waals surface area contributed by atoms with Gasteiger partial charge in [-0.2, -0.15) is 0 Å². The Morgan fingerprint density at radius 2 is 1.73 bits per heavy atom. The van der Waals surface area contributed by atoms with Crippen LogP contribution in [0.15, 0.2) is 24.3 Å². The first-order valence-electron chi connectivity index (χ1n) is 7.97. The second-order valence-corrected chi connectivity index (χ2v) is 8.07. The van der Waals surface area contributed by atoms with Crippen LogP contribution in [0.2, 0.25) is 0 Å². The lowest BCUT2D eigenvalue weighted by Gasteiger charge is -2.26. The number of alkyl halides is 2. The van der Waals surface area contributed by atoms with Crippen LogP contribution in [0.5, 0.6) is 0 Å². The highest BCUT2D eigenvalue weighted by Crippen LogP contribution is 2.64. The van der Waals surface area contributed by atoms with Crippen molar-refractivity contribution in [2.75, 3.05) is 23.3 Å². The highest BCUT2D eigenvalue weighted by atomic mass is 35.5. The van der Waals surface area contributed by atoms with E-state index in [1.807, 2.05) is 25.1 Å². The third-order valence-corrected chi connectivity index (χ3v) is 5.96. The molecule has 1 aliphatic heterocycles. The quantitative estimate of drug-likeness (QED) is 0.816. The Kier molecular flexibility index (Phi) is 4.30. The van der Waals surface area contributed by atoms with Gasteiger partial charge in [0.1, 0.15) is 4.33 Å². The maximum Gasteiger partial charge on any atom is 0.233 e. The van der Waals surface area contributed by atoms with E-state index in [0.717, 1.165) is 24.5 Å². The molecule has 0 spiro atoms. The highest BCUT2D eigenvalue weighted by molar-refractivity contribution is 6.53. The fraction of sp³-hybridized carbons (Fsp3) is 0.588. The summed E-state index contributed by atoms with van der Waals surface area (Å²) in [4.78, 5) is 14.9. The summed E-state index contributed by atoms with van der Waals surface area (Å²) in [5, 5.41) is 3.04. The van der Waals surface area contributed by atoms with Crippen LogP contribution in [-0.4, -0.2) is 23.3 Å². The predicted octanol–water partition coefficient (Wildman–Crippen LogP) is 4.59. The van der Waals surface area contributed by atoms with Crippen molar-refractivity contribution in [1.82, 2.24) is 0 Å². The van der Waals surface area contributed by atoms with Gasteiger partial charge in [-0.25, -0.2) is 0 Å². The maximum atomic E-state index is 12.5. The maximum absolute atomic E-state index is 12.5. The van der Waals surface area contributed by atoms with Crippen molar-refractivity contribution in [2.24, 2.45) is 5.41 Å². The molecule has 1 aliphatic carbocycles. The van der Waals surface area contributed by atoms with Crippen LogP contribution in [0.3, 0.4) is 0 Å². The average molecular weight is 341 g/mol. The molecule has 0 radical (unpaired) electrons. The lowest BCUT2D eigenvalue weighted by molar-refractivity contribution is -0.120. The van der Waals surface area contributed by atoms with Crippen molar-refractivity contribution in [3.05, 3.63) is 24.3 Å². The first kappa shape index (κ1) is 15.9. The number of nitrogens with one attached hydrogen (secondary N) is 1. The third-order valence-electron chi connectivity index (χ3n) is 4.86. The van der Waals surface area contributed by atoms with Gasteiger partial charge in [0.2, 0.25) is 5.91 Å². The Balaban J connectivity index is 1.78. The van der Waals surface area contributed by atoms with Crippen molar-refractivity contribution in [3.8, 4) is 0 Å². The standard InChI is InChI=1S/C17H22Cl2N2O/c1-16(12-17(16,18)19)15(22)20-13-8-4-5-9-14(13)21-10-6-2-3-7-11-21/h4-5,8-9H,2-3,6-7,10-12H2,1H3,(H,20,22)/t16-/m0/s1. The molecule has 1 amide bonds. The van der Waals surface area contributed by atoms with Crippen LogP contribution >= 0.6 is 23.2 Å². The summed E-state index contributed by atoms with van der Waals surface area (Å²) < 4.78 is -0.936. The summed E-state index contributed by atoms with van der Waals surface area (Å²) in [6, 6.07) is 7.99. The monoisotopic (exact) mass is 340 g/mol. The minimum absolute atomic E-state index is 0.0974. The van der Waals surface area contributed by atoms with E-state index in [-0.39, 0.29) is 5.91 Å². The molecule has 3 rings (SSSR count). The summed E-state index contributed by atoms with van der Waals surface area (Å²) in [5.41, 5.74) is 1.26. The number of carbonyl (C=O) groups excluding carboxylic acids is 1. The highest BCUT2D eigenvalue weighted by Gasteiger charge is 2.67. The number of rotatable bonds is 3. The molecule has 1 atom stereocenters. The number of hydrogen-bond donors (Lipinski definition) is 1. The van der Waals surface area contributed by atoms with Crippen molar-refractivity contribution in [3.63, 3.8) is 0 Å². The Bertz CT molecular complexity index is 568. The zero-order valence-electron chi connectivity index (χ0n) is 12.9. The number of carbonyl (C=O) groups is 1. The van der Waals surface area contributed by atoms with Gasteiger partial charge >= 0.3 is 0 Å². The molecule has 0 aromatic heterocycles. The topological polar surface area (TPSA) is 32.3 Å².